The molecule has 60 heavy (non-hydrogen) atoms. The summed E-state index contributed by atoms with van der Waals surface area (Å²) in [4.78, 5) is 0. The van der Waals surface area contributed by atoms with Crippen molar-refractivity contribution in [3.05, 3.63) is 180 Å². The third-order valence-corrected chi connectivity index (χ3v) is 12.8. The molecule has 0 saturated carbocycles. The second kappa shape index (κ2) is 11.7. The Labute approximate surface area is 341 Å². The summed E-state index contributed by atoms with van der Waals surface area (Å²) in [7, 11) is 0. The van der Waals surface area contributed by atoms with Crippen LogP contribution in [0.25, 0.3) is 120 Å². The van der Waals surface area contributed by atoms with Crippen LogP contribution in [0, 0.1) is 34.0 Å². The Bertz CT molecular complexity index is 4280. The molecule has 13 aromatic rings. The number of aromatic nitrogens is 2. The normalized spacial score (nSPS) is 11.9. The summed E-state index contributed by atoms with van der Waals surface area (Å²) in [5, 5.41) is 46.3. The lowest BCUT2D eigenvalue weighted by molar-refractivity contribution is 1.33. The molecular formula is C55H27N5. The van der Waals surface area contributed by atoms with E-state index in [0.717, 1.165) is 65.5 Å². The van der Waals surface area contributed by atoms with Gasteiger partial charge < -0.3 is 8.80 Å². The van der Waals surface area contributed by atoms with Crippen molar-refractivity contribution in [3.63, 3.8) is 0 Å². The van der Waals surface area contributed by atoms with E-state index >= 15 is 0 Å². The molecule has 4 aromatic heterocycles. The monoisotopic (exact) mass is 757 g/mol. The van der Waals surface area contributed by atoms with Crippen molar-refractivity contribution in [1.29, 1.82) is 15.8 Å². The van der Waals surface area contributed by atoms with E-state index in [9.17, 15) is 15.8 Å². The van der Waals surface area contributed by atoms with Gasteiger partial charge in [0.1, 0.15) is 18.2 Å². The van der Waals surface area contributed by atoms with Crippen LogP contribution < -0.4 is 0 Å². The number of para-hydroxylation sites is 1. The molecule has 13 rings (SSSR count). The average molecular weight is 758 g/mol. The summed E-state index contributed by atoms with van der Waals surface area (Å²) in [5.41, 5.74) is 8.93. The Morgan fingerprint density at radius 2 is 0.900 bits per heavy atom. The van der Waals surface area contributed by atoms with Crippen molar-refractivity contribution in [2.75, 3.05) is 0 Å². The molecule has 0 N–H and O–H groups in total. The number of nitrogens with zero attached hydrogens (tertiary/aromatic N) is 5. The molecule has 9 aromatic carbocycles. The fraction of sp³-hybridized carbons (Fsp3) is 0. The Morgan fingerprint density at radius 1 is 0.317 bits per heavy atom. The van der Waals surface area contributed by atoms with E-state index in [4.69, 9.17) is 0 Å². The topological polar surface area (TPSA) is 80.2 Å². The summed E-state index contributed by atoms with van der Waals surface area (Å²) in [5.74, 6) is 0. The molecule has 0 bridgehead atoms. The van der Waals surface area contributed by atoms with E-state index in [1.807, 2.05) is 12.1 Å². The smallest absolute Gasteiger partial charge is 0.102 e. The highest BCUT2D eigenvalue weighted by atomic mass is 14.9. The fourth-order valence-electron chi connectivity index (χ4n) is 10.2. The van der Waals surface area contributed by atoms with E-state index in [2.05, 4.69) is 173 Å². The van der Waals surface area contributed by atoms with Gasteiger partial charge in [-0.3, -0.25) is 0 Å². The maximum atomic E-state index is 10.6. The van der Waals surface area contributed by atoms with Crippen molar-refractivity contribution >= 4 is 109 Å². The van der Waals surface area contributed by atoms with Crippen LogP contribution in [0.3, 0.4) is 0 Å². The lowest BCUT2D eigenvalue weighted by Crippen LogP contribution is -1.98. The van der Waals surface area contributed by atoms with Crippen LogP contribution in [0.4, 0.5) is 0 Å². The van der Waals surface area contributed by atoms with Crippen molar-refractivity contribution < 1.29 is 0 Å². The molecule has 0 saturated heterocycles. The van der Waals surface area contributed by atoms with Crippen molar-refractivity contribution in [2.45, 2.75) is 0 Å². The first-order chi connectivity index (χ1) is 29.6. The highest BCUT2D eigenvalue weighted by Crippen LogP contribution is 2.42. The Morgan fingerprint density at radius 3 is 1.68 bits per heavy atom. The van der Waals surface area contributed by atoms with Gasteiger partial charge in [-0.25, -0.2) is 0 Å². The van der Waals surface area contributed by atoms with E-state index in [-0.39, 0.29) is 16.7 Å². The van der Waals surface area contributed by atoms with Crippen LogP contribution in [-0.2, 0) is 0 Å². The van der Waals surface area contributed by atoms with E-state index < -0.39 is 0 Å². The lowest BCUT2D eigenvalue weighted by Gasteiger charge is -2.15. The third-order valence-electron chi connectivity index (χ3n) is 12.8. The number of nitriles is 3. The number of benzene rings is 9. The standard InChI is InChI=1S/C55H27N5/c56-28-40-27-53-54(48(30-58)47(40)29-57)46-24-38-19-34(13-14-36(38)23-45(46)51-25-37-10-4-6-12-49(37)59(51)53)35-16-18-50-39(20-35)26-52-44-22-33-9-2-1-8-32(33)21-43(44)42-17-15-31-7-3-5-11-41(31)55(42)60(50)52/h1-27H. The van der Waals surface area contributed by atoms with Gasteiger partial charge in [-0.1, -0.05) is 97.1 Å². The van der Waals surface area contributed by atoms with Crippen LogP contribution in [0.1, 0.15) is 16.7 Å². The zero-order chi connectivity index (χ0) is 39.8. The summed E-state index contributed by atoms with van der Waals surface area (Å²) in [6.07, 6.45) is 0. The molecule has 0 aliphatic rings. The highest BCUT2D eigenvalue weighted by Gasteiger charge is 2.22. The van der Waals surface area contributed by atoms with Gasteiger partial charge in [0.05, 0.1) is 49.8 Å². The second-order valence-corrected chi connectivity index (χ2v) is 15.9. The molecule has 5 heteroatoms. The van der Waals surface area contributed by atoms with Crippen LogP contribution in [-0.4, -0.2) is 8.80 Å². The number of rotatable bonds is 1. The van der Waals surface area contributed by atoms with Crippen LogP contribution >= 0.6 is 0 Å². The van der Waals surface area contributed by atoms with Crippen LogP contribution in [0.5, 0.6) is 0 Å². The minimum absolute atomic E-state index is 0.105. The maximum absolute atomic E-state index is 10.6. The summed E-state index contributed by atoms with van der Waals surface area (Å²) < 4.78 is 4.59. The fourth-order valence-corrected chi connectivity index (χ4v) is 10.2. The molecular weight excluding hydrogens is 731 g/mol. The van der Waals surface area contributed by atoms with Gasteiger partial charge >= 0.3 is 0 Å². The second-order valence-electron chi connectivity index (χ2n) is 15.9. The van der Waals surface area contributed by atoms with Crippen LogP contribution in [0.2, 0.25) is 0 Å². The van der Waals surface area contributed by atoms with Gasteiger partial charge in [-0.05, 0) is 116 Å². The molecule has 272 valence electrons. The predicted octanol–water partition coefficient (Wildman–Crippen LogP) is 13.9. The van der Waals surface area contributed by atoms with Gasteiger partial charge in [0.2, 0.25) is 0 Å². The number of fused-ring (bicyclic) bond motifs is 20. The minimum atomic E-state index is 0.105. The maximum Gasteiger partial charge on any atom is 0.102 e. The molecule has 0 unspecified atom stereocenters. The summed E-state index contributed by atoms with van der Waals surface area (Å²) >= 11 is 0. The molecule has 0 aliphatic heterocycles. The molecule has 0 aliphatic carbocycles. The minimum Gasteiger partial charge on any atom is -0.309 e. The zero-order valence-corrected chi connectivity index (χ0v) is 31.8. The van der Waals surface area contributed by atoms with E-state index in [0.29, 0.717) is 5.39 Å². The molecule has 4 heterocycles. The Hall–Kier alpha value is -8.69. The first-order valence-electron chi connectivity index (χ1n) is 19.9. The van der Waals surface area contributed by atoms with Gasteiger partial charge in [-0.2, -0.15) is 15.8 Å². The number of hydrogen-bond donors (Lipinski definition) is 0. The first-order valence-corrected chi connectivity index (χ1v) is 19.9. The van der Waals surface area contributed by atoms with Crippen molar-refractivity contribution in [3.8, 4) is 29.3 Å². The van der Waals surface area contributed by atoms with Crippen molar-refractivity contribution in [2.24, 2.45) is 0 Å². The largest absolute Gasteiger partial charge is 0.309 e. The average Bonchev–Trinajstić information content (AvgIpc) is 3.89. The molecule has 0 radical (unpaired) electrons. The zero-order valence-electron chi connectivity index (χ0n) is 31.8. The van der Waals surface area contributed by atoms with Crippen LogP contribution in [0.15, 0.2) is 164 Å². The Kier molecular flexibility index (Phi) is 6.31. The quantitative estimate of drug-likeness (QED) is 0.123. The summed E-state index contributed by atoms with van der Waals surface area (Å²) in [6.45, 7) is 0. The van der Waals surface area contributed by atoms with Gasteiger partial charge in [0.25, 0.3) is 0 Å². The predicted molar refractivity (Wildman–Crippen MR) is 245 cm³/mol. The Balaban J connectivity index is 1.08. The SMILES string of the molecule is N#Cc1cc2c(c(C#N)c1C#N)c1cc3cc(-c4ccc5c(c4)cc4c6cc7ccccc7cc6c6ccc7ccccc7c6n54)ccc3cc1c1cc3ccccc3n12. The molecule has 5 nitrogen and oxygen atoms in total. The molecule has 0 fully saturated rings. The van der Waals surface area contributed by atoms with Gasteiger partial charge in [-0.15, -0.1) is 0 Å². The highest BCUT2D eigenvalue weighted by molar-refractivity contribution is 6.24. The third kappa shape index (κ3) is 4.21. The van der Waals surface area contributed by atoms with E-state index in [1.54, 1.807) is 6.07 Å². The molecule has 0 atom stereocenters. The number of pyridine rings is 2. The molecule has 0 spiro atoms. The first kappa shape index (κ1) is 32.4. The lowest BCUT2D eigenvalue weighted by atomic mass is 9.92. The van der Waals surface area contributed by atoms with E-state index in [1.165, 1.54) is 48.7 Å². The number of hydrogen-bond acceptors (Lipinski definition) is 3. The summed E-state index contributed by atoms with van der Waals surface area (Å²) in [6, 6.07) is 65.3. The van der Waals surface area contributed by atoms with Gasteiger partial charge in [0, 0.05) is 37.7 Å². The molecule has 0 amide bonds. The van der Waals surface area contributed by atoms with Gasteiger partial charge in [0.15, 0.2) is 0 Å². The van der Waals surface area contributed by atoms with Crippen molar-refractivity contribution in [1.82, 2.24) is 8.80 Å².